The lowest BCUT2D eigenvalue weighted by molar-refractivity contribution is 0.521. The van der Waals surface area contributed by atoms with E-state index in [2.05, 4.69) is 0 Å². The number of hydrogen-bond acceptors (Lipinski definition) is 2. The van der Waals surface area contributed by atoms with Gasteiger partial charge in [-0.2, -0.15) is 0 Å². The normalized spacial score (nSPS) is 13.4. The minimum Gasteiger partial charge on any atom is -0.229 e. The quantitative estimate of drug-likeness (QED) is 0.690. The second kappa shape index (κ2) is 7.85. The summed E-state index contributed by atoms with van der Waals surface area (Å²) in [5, 5.41) is 0. The van der Waals surface area contributed by atoms with Crippen molar-refractivity contribution in [3.63, 3.8) is 0 Å². The minimum atomic E-state index is -2.91. The van der Waals surface area contributed by atoms with Crippen LogP contribution in [0, 0.1) is 11.7 Å². The zero-order chi connectivity index (χ0) is 14.3. The van der Waals surface area contributed by atoms with Gasteiger partial charge in [0.2, 0.25) is 0 Å². The van der Waals surface area contributed by atoms with Crippen molar-refractivity contribution in [3.05, 3.63) is 35.6 Å². The molecule has 1 aromatic rings. The third-order valence-electron chi connectivity index (χ3n) is 3.14. The molecule has 0 N–H and O–H groups in total. The molecule has 0 saturated heterocycles. The predicted octanol–water partition coefficient (Wildman–Crippen LogP) is 3.44. The van der Waals surface area contributed by atoms with E-state index in [-0.39, 0.29) is 23.2 Å². The first-order valence-electron chi connectivity index (χ1n) is 6.47. The Labute approximate surface area is 119 Å². The van der Waals surface area contributed by atoms with Gasteiger partial charge >= 0.3 is 0 Å². The Hall–Kier alpha value is -0.610. The van der Waals surface area contributed by atoms with E-state index in [1.165, 1.54) is 12.1 Å². The molecule has 1 unspecified atom stereocenters. The molecule has 0 amide bonds. The number of benzene rings is 1. The van der Waals surface area contributed by atoms with Crippen molar-refractivity contribution in [3.8, 4) is 0 Å². The maximum atomic E-state index is 13.1. The smallest absolute Gasteiger partial charge is 0.150 e. The van der Waals surface area contributed by atoms with Gasteiger partial charge in [0, 0.05) is 11.6 Å². The van der Waals surface area contributed by atoms with E-state index in [0.717, 1.165) is 12.0 Å². The molecule has 1 rings (SSSR count). The van der Waals surface area contributed by atoms with Crippen molar-refractivity contribution in [2.75, 3.05) is 17.4 Å². The van der Waals surface area contributed by atoms with Crippen LogP contribution in [0.15, 0.2) is 24.3 Å². The average molecular weight is 307 g/mol. The molecule has 2 nitrogen and oxygen atoms in total. The Morgan fingerprint density at radius 3 is 2.68 bits per heavy atom. The van der Waals surface area contributed by atoms with Crippen molar-refractivity contribution in [1.82, 2.24) is 0 Å². The lowest BCUT2D eigenvalue weighted by Crippen LogP contribution is -2.12. The number of rotatable bonds is 8. The molecule has 0 bridgehead atoms. The van der Waals surface area contributed by atoms with Gasteiger partial charge in [0.1, 0.15) is 15.7 Å². The van der Waals surface area contributed by atoms with Gasteiger partial charge in [0.05, 0.1) is 5.75 Å². The summed E-state index contributed by atoms with van der Waals surface area (Å²) in [5.74, 6) is 0.792. The van der Waals surface area contributed by atoms with E-state index < -0.39 is 9.84 Å². The fraction of sp³-hybridized carbons (Fsp3) is 0.571. The average Bonchev–Trinajstić information content (AvgIpc) is 2.37. The van der Waals surface area contributed by atoms with Gasteiger partial charge in [-0.25, -0.2) is 12.8 Å². The third kappa shape index (κ3) is 6.39. The van der Waals surface area contributed by atoms with Gasteiger partial charge in [-0.1, -0.05) is 19.1 Å². The summed E-state index contributed by atoms with van der Waals surface area (Å²) in [6.07, 6.45) is 2.05. The molecule has 0 radical (unpaired) electrons. The van der Waals surface area contributed by atoms with Crippen LogP contribution in [0.5, 0.6) is 0 Å². The number of sulfone groups is 1. The molecule has 1 atom stereocenters. The molecule has 0 heterocycles. The van der Waals surface area contributed by atoms with Gasteiger partial charge in [-0.05, 0) is 42.9 Å². The van der Waals surface area contributed by atoms with Crippen LogP contribution in [-0.2, 0) is 16.3 Å². The van der Waals surface area contributed by atoms with Gasteiger partial charge in [0.15, 0.2) is 0 Å². The summed E-state index contributed by atoms with van der Waals surface area (Å²) in [6, 6.07) is 6.46. The topological polar surface area (TPSA) is 34.1 Å². The molecule has 5 heteroatoms. The van der Waals surface area contributed by atoms with E-state index in [1.807, 2.05) is 6.07 Å². The van der Waals surface area contributed by atoms with E-state index in [0.29, 0.717) is 18.7 Å². The molecule has 108 valence electrons. The van der Waals surface area contributed by atoms with Crippen molar-refractivity contribution in [2.45, 2.75) is 26.2 Å². The highest BCUT2D eigenvalue weighted by molar-refractivity contribution is 7.91. The fourth-order valence-electron chi connectivity index (χ4n) is 1.97. The summed E-state index contributed by atoms with van der Waals surface area (Å²) in [4.78, 5) is 0. The van der Waals surface area contributed by atoms with Crippen molar-refractivity contribution < 1.29 is 12.8 Å². The van der Waals surface area contributed by atoms with Crippen LogP contribution in [0.1, 0.15) is 25.3 Å². The first-order valence-corrected chi connectivity index (χ1v) is 8.83. The SMILES string of the molecule is CCS(=O)(=O)CCCC(CCl)Cc1cccc(F)c1. The van der Waals surface area contributed by atoms with Crippen LogP contribution >= 0.6 is 11.6 Å². The monoisotopic (exact) mass is 306 g/mol. The highest BCUT2D eigenvalue weighted by Gasteiger charge is 2.12. The Morgan fingerprint density at radius 2 is 2.11 bits per heavy atom. The minimum absolute atomic E-state index is 0.183. The Morgan fingerprint density at radius 1 is 1.37 bits per heavy atom. The highest BCUT2D eigenvalue weighted by atomic mass is 35.5. The lowest BCUT2D eigenvalue weighted by atomic mass is 9.97. The van der Waals surface area contributed by atoms with Crippen LogP contribution in [0.3, 0.4) is 0 Å². The lowest BCUT2D eigenvalue weighted by Gasteiger charge is -2.13. The summed E-state index contributed by atoms with van der Waals surface area (Å²) >= 11 is 5.90. The van der Waals surface area contributed by atoms with Crippen molar-refractivity contribution in [1.29, 1.82) is 0 Å². The van der Waals surface area contributed by atoms with Gasteiger partial charge in [-0.15, -0.1) is 11.6 Å². The summed E-state index contributed by atoms with van der Waals surface area (Å²) in [5.41, 5.74) is 0.906. The van der Waals surface area contributed by atoms with Crippen LogP contribution in [0.25, 0.3) is 0 Å². The third-order valence-corrected chi connectivity index (χ3v) is 5.37. The number of halogens is 2. The van der Waals surface area contributed by atoms with E-state index in [9.17, 15) is 12.8 Å². The second-order valence-electron chi connectivity index (χ2n) is 4.73. The van der Waals surface area contributed by atoms with Crippen LogP contribution < -0.4 is 0 Å². The van der Waals surface area contributed by atoms with Crippen LogP contribution in [0.2, 0.25) is 0 Å². The first kappa shape index (κ1) is 16.4. The number of hydrogen-bond donors (Lipinski definition) is 0. The van der Waals surface area contributed by atoms with Gasteiger partial charge < -0.3 is 0 Å². The molecule has 1 aromatic carbocycles. The Kier molecular flexibility index (Phi) is 6.80. The van der Waals surface area contributed by atoms with Crippen LogP contribution in [-0.4, -0.2) is 25.8 Å². The summed E-state index contributed by atoms with van der Waals surface area (Å²) < 4.78 is 35.8. The maximum Gasteiger partial charge on any atom is 0.150 e. The molecule has 0 aliphatic rings. The largest absolute Gasteiger partial charge is 0.229 e. The zero-order valence-corrected chi connectivity index (χ0v) is 12.7. The Balaban J connectivity index is 2.46. The standard InChI is InChI=1S/C14H20ClFO2S/c1-2-19(17,18)8-4-6-13(11-15)9-12-5-3-7-14(16)10-12/h3,5,7,10,13H,2,4,6,8-9,11H2,1H3. The molecular formula is C14H20ClFO2S. The molecule has 0 fully saturated rings. The van der Waals surface area contributed by atoms with Gasteiger partial charge in [-0.3, -0.25) is 0 Å². The highest BCUT2D eigenvalue weighted by Crippen LogP contribution is 2.17. The molecular weight excluding hydrogens is 287 g/mol. The second-order valence-corrected chi connectivity index (χ2v) is 7.51. The predicted molar refractivity (Wildman–Crippen MR) is 77.9 cm³/mol. The Bertz CT molecular complexity index is 488. The summed E-state index contributed by atoms with van der Waals surface area (Å²) in [7, 11) is -2.91. The van der Waals surface area contributed by atoms with E-state index in [1.54, 1.807) is 13.0 Å². The maximum absolute atomic E-state index is 13.1. The molecule has 19 heavy (non-hydrogen) atoms. The van der Waals surface area contributed by atoms with Crippen LogP contribution in [0.4, 0.5) is 4.39 Å². The molecule has 0 aliphatic carbocycles. The fourth-order valence-corrected chi connectivity index (χ4v) is 3.13. The summed E-state index contributed by atoms with van der Waals surface area (Å²) in [6.45, 7) is 1.65. The molecule has 0 aromatic heterocycles. The van der Waals surface area contributed by atoms with E-state index >= 15 is 0 Å². The van der Waals surface area contributed by atoms with Crippen molar-refractivity contribution >= 4 is 21.4 Å². The number of alkyl halides is 1. The molecule has 0 aliphatic heterocycles. The molecule has 0 spiro atoms. The van der Waals surface area contributed by atoms with Crippen molar-refractivity contribution in [2.24, 2.45) is 5.92 Å². The van der Waals surface area contributed by atoms with E-state index in [4.69, 9.17) is 11.6 Å². The zero-order valence-electron chi connectivity index (χ0n) is 11.1. The molecule has 0 saturated carbocycles. The first-order chi connectivity index (χ1) is 8.96. The van der Waals surface area contributed by atoms with Gasteiger partial charge in [0.25, 0.3) is 0 Å².